The lowest BCUT2D eigenvalue weighted by atomic mass is 9.87. The van der Waals surface area contributed by atoms with Crippen LogP contribution in [-0.2, 0) is 5.41 Å². The van der Waals surface area contributed by atoms with Crippen LogP contribution in [0, 0.1) is 17.3 Å². The maximum atomic E-state index is 7.77. The lowest BCUT2D eigenvalue weighted by Crippen LogP contribution is -2.36. The summed E-state index contributed by atoms with van der Waals surface area (Å²) in [6.45, 7) is 6.88. The average molecular weight is 306 g/mol. The van der Waals surface area contributed by atoms with Crippen LogP contribution in [0.15, 0.2) is 48.8 Å². The highest BCUT2D eigenvalue weighted by molar-refractivity contribution is 5.92. The van der Waals surface area contributed by atoms with E-state index in [-0.39, 0.29) is 11.4 Å². The molecule has 0 saturated heterocycles. The molecule has 2 aromatic rings. The molecule has 1 aromatic carbocycles. The van der Waals surface area contributed by atoms with Gasteiger partial charge in [0.1, 0.15) is 0 Å². The lowest BCUT2D eigenvalue weighted by molar-refractivity contribution is 0.590. The Hall–Kier alpha value is -2.80. The van der Waals surface area contributed by atoms with Gasteiger partial charge in [-0.1, -0.05) is 44.7 Å². The minimum Gasteiger partial charge on any atom is -0.370 e. The molecule has 0 unspecified atom stereocenters. The van der Waals surface area contributed by atoms with E-state index < -0.39 is 0 Å². The minimum atomic E-state index is -0.0162. The number of nitrogens with two attached hydrogens (primary N) is 1. The lowest BCUT2D eigenvalue weighted by Gasteiger charge is -2.23. The van der Waals surface area contributed by atoms with Crippen LogP contribution in [0.1, 0.15) is 31.9 Å². The largest absolute Gasteiger partial charge is 0.370 e. The molecule has 0 fully saturated rings. The van der Waals surface area contributed by atoms with Crippen molar-refractivity contribution in [3.63, 3.8) is 0 Å². The summed E-state index contributed by atoms with van der Waals surface area (Å²) < 4.78 is 0. The Kier molecular flexibility index (Phi) is 5.02. The third kappa shape index (κ3) is 4.58. The third-order valence-electron chi connectivity index (χ3n) is 3.49. The molecular weight excluding hydrogens is 284 g/mol. The number of rotatable bonds is 2. The van der Waals surface area contributed by atoms with E-state index in [2.05, 4.69) is 49.7 Å². The number of nitrogens with one attached hydrogen (secondary N) is 1. The first-order chi connectivity index (χ1) is 10.9. The first-order valence-electron chi connectivity index (χ1n) is 7.49. The van der Waals surface area contributed by atoms with Crippen molar-refractivity contribution in [3.8, 4) is 11.8 Å². The topological polar surface area (TPSA) is 66.0 Å². The van der Waals surface area contributed by atoms with E-state index in [0.717, 1.165) is 11.3 Å². The second kappa shape index (κ2) is 6.97. The second-order valence-corrected chi connectivity index (χ2v) is 6.31. The number of benzene rings is 1. The standard InChI is InChI=1S/C19H22N4/c1-19(2,3)16-6-8-17(9-7-16)23(18(20)21)14-4-5-15-10-12-22-13-11-15/h6-13H,14H2,1-3H3,(H3,20,21). The van der Waals surface area contributed by atoms with Crippen molar-refractivity contribution in [3.05, 3.63) is 59.9 Å². The number of nitrogens with zero attached hydrogens (tertiary/aromatic N) is 2. The Bertz CT molecular complexity index is 716. The highest BCUT2D eigenvalue weighted by Gasteiger charge is 2.14. The number of aromatic nitrogens is 1. The monoisotopic (exact) mass is 306 g/mol. The first-order valence-corrected chi connectivity index (χ1v) is 7.49. The molecule has 23 heavy (non-hydrogen) atoms. The maximum Gasteiger partial charge on any atom is 0.193 e. The van der Waals surface area contributed by atoms with Gasteiger partial charge in [-0.2, -0.15) is 0 Å². The maximum absolute atomic E-state index is 7.77. The van der Waals surface area contributed by atoms with Crippen molar-refractivity contribution >= 4 is 11.6 Å². The Morgan fingerprint density at radius 3 is 2.26 bits per heavy atom. The molecule has 4 heteroatoms. The van der Waals surface area contributed by atoms with Gasteiger partial charge in [0, 0.05) is 23.6 Å². The fourth-order valence-electron chi connectivity index (χ4n) is 2.11. The Morgan fingerprint density at radius 2 is 1.74 bits per heavy atom. The van der Waals surface area contributed by atoms with Gasteiger partial charge >= 0.3 is 0 Å². The fraction of sp³-hybridized carbons (Fsp3) is 0.263. The van der Waals surface area contributed by atoms with E-state index in [0.29, 0.717) is 6.54 Å². The van der Waals surface area contributed by atoms with Gasteiger partial charge in [-0.15, -0.1) is 0 Å². The van der Waals surface area contributed by atoms with Crippen LogP contribution >= 0.6 is 0 Å². The zero-order valence-corrected chi connectivity index (χ0v) is 13.8. The third-order valence-corrected chi connectivity index (χ3v) is 3.49. The number of anilines is 1. The highest BCUT2D eigenvalue weighted by atomic mass is 15.2. The molecule has 3 N–H and O–H groups in total. The molecular formula is C19H22N4. The van der Waals surface area contributed by atoms with Crippen LogP contribution < -0.4 is 10.6 Å². The van der Waals surface area contributed by atoms with Crippen molar-refractivity contribution in [1.29, 1.82) is 5.41 Å². The van der Waals surface area contributed by atoms with E-state index in [4.69, 9.17) is 11.1 Å². The van der Waals surface area contributed by atoms with Gasteiger partial charge in [-0.3, -0.25) is 10.4 Å². The molecule has 0 bridgehead atoms. The quantitative estimate of drug-likeness (QED) is 0.509. The van der Waals surface area contributed by atoms with E-state index in [9.17, 15) is 0 Å². The zero-order chi connectivity index (χ0) is 16.9. The summed E-state index contributed by atoms with van der Waals surface area (Å²) in [6, 6.07) is 11.8. The molecule has 0 atom stereocenters. The van der Waals surface area contributed by atoms with Crippen LogP contribution in [0.5, 0.6) is 0 Å². The van der Waals surface area contributed by atoms with Gasteiger partial charge in [0.25, 0.3) is 0 Å². The summed E-state index contributed by atoms with van der Waals surface area (Å²) in [5.41, 5.74) is 8.81. The van der Waals surface area contributed by atoms with Gasteiger partial charge in [-0.25, -0.2) is 0 Å². The van der Waals surface area contributed by atoms with Crippen molar-refractivity contribution in [2.45, 2.75) is 26.2 Å². The normalized spacial score (nSPS) is 10.6. The highest BCUT2D eigenvalue weighted by Crippen LogP contribution is 2.24. The Balaban J connectivity index is 2.16. The molecule has 0 amide bonds. The SMILES string of the molecule is CC(C)(C)c1ccc(N(CC#Cc2ccncc2)C(=N)N)cc1. The first kappa shape index (κ1) is 16.6. The van der Waals surface area contributed by atoms with Gasteiger partial charge in [0.05, 0.1) is 6.54 Å². The number of hydrogen-bond donors (Lipinski definition) is 2. The predicted octanol–water partition coefficient (Wildman–Crippen LogP) is 3.13. The summed E-state index contributed by atoms with van der Waals surface area (Å²) in [6.07, 6.45) is 3.41. The molecule has 0 spiro atoms. The van der Waals surface area contributed by atoms with E-state index in [1.54, 1.807) is 17.3 Å². The number of pyridine rings is 1. The minimum absolute atomic E-state index is 0.0162. The van der Waals surface area contributed by atoms with Crippen LogP contribution in [0.2, 0.25) is 0 Å². The summed E-state index contributed by atoms with van der Waals surface area (Å²) in [5, 5.41) is 7.77. The van der Waals surface area contributed by atoms with Crippen LogP contribution in [-0.4, -0.2) is 17.5 Å². The van der Waals surface area contributed by atoms with Crippen LogP contribution in [0.25, 0.3) is 0 Å². The molecule has 4 nitrogen and oxygen atoms in total. The molecule has 0 saturated carbocycles. The molecule has 0 aliphatic heterocycles. The van der Waals surface area contributed by atoms with Gasteiger partial charge in [-0.05, 0) is 35.2 Å². The van der Waals surface area contributed by atoms with Gasteiger partial charge in [0.2, 0.25) is 0 Å². The van der Waals surface area contributed by atoms with Crippen LogP contribution in [0.4, 0.5) is 5.69 Å². The second-order valence-electron chi connectivity index (χ2n) is 6.31. The molecule has 2 rings (SSSR count). The van der Waals surface area contributed by atoms with E-state index in [1.165, 1.54) is 5.56 Å². The van der Waals surface area contributed by atoms with Crippen molar-refractivity contribution in [1.82, 2.24) is 4.98 Å². The smallest absolute Gasteiger partial charge is 0.193 e. The average Bonchev–Trinajstić information content (AvgIpc) is 2.51. The summed E-state index contributed by atoms with van der Waals surface area (Å²) in [7, 11) is 0. The summed E-state index contributed by atoms with van der Waals surface area (Å²) in [5.74, 6) is 6.09. The van der Waals surface area contributed by atoms with Crippen molar-refractivity contribution in [2.24, 2.45) is 5.73 Å². The molecule has 1 aromatic heterocycles. The summed E-state index contributed by atoms with van der Waals surface area (Å²) in [4.78, 5) is 5.64. The van der Waals surface area contributed by atoms with E-state index in [1.807, 2.05) is 24.3 Å². The zero-order valence-electron chi connectivity index (χ0n) is 13.8. The Morgan fingerprint density at radius 1 is 1.13 bits per heavy atom. The van der Waals surface area contributed by atoms with Crippen molar-refractivity contribution < 1.29 is 0 Å². The predicted molar refractivity (Wildman–Crippen MR) is 95.5 cm³/mol. The van der Waals surface area contributed by atoms with Gasteiger partial charge in [0.15, 0.2) is 5.96 Å². The summed E-state index contributed by atoms with van der Waals surface area (Å²) >= 11 is 0. The van der Waals surface area contributed by atoms with Gasteiger partial charge < -0.3 is 10.6 Å². The number of hydrogen-bond acceptors (Lipinski definition) is 2. The molecule has 118 valence electrons. The van der Waals surface area contributed by atoms with Crippen LogP contribution in [0.3, 0.4) is 0 Å². The molecule has 1 heterocycles. The molecule has 0 radical (unpaired) electrons. The molecule has 0 aliphatic carbocycles. The number of guanidine groups is 1. The Labute approximate surface area is 137 Å². The fourth-order valence-corrected chi connectivity index (χ4v) is 2.11. The molecule has 0 aliphatic rings. The van der Waals surface area contributed by atoms with Crippen molar-refractivity contribution in [2.75, 3.05) is 11.4 Å². The van der Waals surface area contributed by atoms with E-state index >= 15 is 0 Å².